The topological polar surface area (TPSA) is 147 Å². The Morgan fingerprint density at radius 1 is 1.10 bits per heavy atom. The van der Waals surface area contributed by atoms with Crippen LogP contribution in [0.4, 0.5) is 20.4 Å². The van der Waals surface area contributed by atoms with Crippen molar-refractivity contribution in [2.45, 2.75) is 24.9 Å². The Hall–Kier alpha value is -4.49. The summed E-state index contributed by atoms with van der Waals surface area (Å²) in [7, 11) is 1.27. The molecule has 41 heavy (non-hydrogen) atoms. The molecule has 0 aliphatic carbocycles. The lowest BCUT2D eigenvalue weighted by Gasteiger charge is -2.41. The Morgan fingerprint density at radius 3 is 2.76 bits per heavy atom. The summed E-state index contributed by atoms with van der Waals surface area (Å²) in [6.45, 7) is 1.19. The minimum atomic E-state index is -0.796. The fourth-order valence-electron chi connectivity index (χ4n) is 5.14. The van der Waals surface area contributed by atoms with Crippen LogP contribution in [0.3, 0.4) is 0 Å². The molecule has 1 saturated heterocycles. The first-order chi connectivity index (χ1) is 19.8. The number of halogens is 3. The third-order valence-electron chi connectivity index (χ3n) is 7.14. The molecule has 210 valence electrons. The highest BCUT2D eigenvalue weighted by molar-refractivity contribution is 6.29. The van der Waals surface area contributed by atoms with Crippen LogP contribution in [0.5, 0.6) is 5.75 Å². The number of nitrogens with two attached hydrogens (primary N) is 2. The zero-order valence-electron chi connectivity index (χ0n) is 21.9. The molecular weight excluding hydrogens is 554 g/mol. The molecule has 0 amide bonds. The fourth-order valence-corrected chi connectivity index (χ4v) is 5.30. The largest absolute Gasteiger partial charge is 0.494 e. The van der Waals surface area contributed by atoms with Gasteiger partial charge in [0.15, 0.2) is 28.8 Å². The summed E-state index contributed by atoms with van der Waals surface area (Å²) in [5, 5.41) is 0.358. The van der Waals surface area contributed by atoms with E-state index in [1.54, 1.807) is 17.0 Å². The van der Waals surface area contributed by atoms with Crippen molar-refractivity contribution in [2.24, 2.45) is 5.73 Å². The average Bonchev–Trinajstić information content (AvgIpc) is 3.38. The quantitative estimate of drug-likeness (QED) is 0.286. The maximum absolute atomic E-state index is 15.0. The van der Waals surface area contributed by atoms with Gasteiger partial charge in [0.25, 0.3) is 0 Å². The van der Waals surface area contributed by atoms with Crippen LogP contribution >= 0.6 is 11.6 Å². The van der Waals surface area contributed by atoms with E-state index in [0.29, 0.717) is 53.0 Å². The van der Waals surface area contributed by atoms with Gasteiger partial charge in [-0.25, -0.2) is 38.7 Å². The van der Waals surface area contributed by atoms with Gasteiger partial charge in [-0.05, 0) is 31.0 Å². The van der Waals surface area contributed by atoms with Gasteiger partial charge in [0.05, 0.1) is 43.1 Å². The molecule has 4 aromatic heterocycles. The van der Waals surface area contributed by atoms with Gasteiger partial charge in [0.1, 0.15) is 28.5 Å². The zero-order valence-corrected chi connectivity index (χ0v) is 22.7. The second-order valence-corrected chi connectivity index (χ2v) is 10.2. The molecule has 5 aromatic rings. The van der Waals surface area contributed by atoms with E-state index in [0.717, 1.165) is 18.6 Å². The summed E-state index contributed by atoms with van der Waals surface area (Å²) < 4.78 is 36.3. The molecule has 6 rings (SSSR count). The van der Waals surface area contributed by atoms with Gasteiger partial charge >= 0.3 is 0 Å². The summed E-state index contributed by atoms with van der Waals surface area (Å²) >= 11 is 6.17. The Bertz CT molecular complexity index is 1770. The molecule has 14 heteroatoms. The van der Waals surface area contributed by atoms with Gasteiger partial charge in [-0.1, -0.05) is 17.7 Å². The number of hydrogen-bond donors (Lipinski definition) is 2. The number of benzene rings is 1. The smallest absolute Gasteiger partial charge is 0.165 e. The third-order valence-corrected chi connectivity index (χ3v) is 7.35. The SMILES string of the molecule is COc1cc(F)c(-c2cnc(N3CCC[C@](N)(c4cccc(Cl)n4)C3)c(Cn3cnc4c(N)ncnc43)n2)cc1F. The van der Waals surface area contributed by atoms with E-state index in [4.69, 9.17) is 37.8 Å². The number of ether oxygens (including phenoxy) is 1. The van der Waals surface area contributed by atoms with E-state index in [9.17, 15) is 4.39 Å². The molecule has 0 unspecified atom stereocenters. The van der Waals surface area contributed by atoms with E-state index in [1.165, 1.54) is 19.6 Å². The first-order valence-electron chi connectivity index (χ1n) is 12.7. The van der Waals surface area contributed by atoms with Crippen LogP contribution in [0, 0.1) is 11.6 Å². The van der Waals surface area contributed by atoms with E-state index < -0.39 is 17.2 Å². The molecule has 4 N–H and O–H groups in total. The highest BCUT2D eigenvalue weighted by Crippen LogP contribution is 2.34. The Labute approximate surface area is 238 Å². The van der Waals surface area contributed by atoms with Crippen LogP contribution in [0.1, 0.15) is 24.2 Å². The summed E-state index contributed by atoms with van der Waals surface area (Å²) in [6.07, 6.45) is 5.78. The number of nitrogen functional groups attached to an aromatic ring is 1. The number of piperidine rings is 1. The fraction of sp³-hybridized carbons (Fsp3) is 0.259. The van der Waals surface area contributed by atoms with Gasteiger partial charge in [-0.3, -0.25) is 0 Å². The highest BCUT2D eigenvalue weighted by atomic mass is 35.5. The predicted octanol–water partition coefficient (Wildman–Crippen LogP) is 3.70. The molecule has 0 spiro atoms. The summed E-state index contributed by atoms with van der Waals surface area (Å²) in [5.41, 5.74) is 14.2. The van der Waals surface area contributed by atoms with Crippen molar-refractivity contribution in [1.82, 2.24) is 34.5 Å². The zero-order chi connectivity index (χ0) is 28.7. The van der Waals surface area contributed by atoms with E-state index >= 15 is 4.39 Å². The molecule has 1 fully saturated rings. The highest BCUT2D eigenvalue weighted by Gasteiger charge is 2.36. The first kappa shape index (κ1) is 26.7. The number of methoxy groups -OCH3 is 1. The Kier molecular flexibility index (Phi) is 6.83. The number of rotatable bonds is 6. The van der Waals surface area contributed by atoms with Gasteiger partial charge < -0.3 is 25.7 Å². The lowest BCUT2D eigenvalue weighted by molar-refractivity contribution is 0.343. The molecule has 0 saturated carbocycles. The second-order valence-electron chi connectivity index (χ2n) is 9.82. The van der Waals surface area contributed by atoms with Gasteiger partial charge in [-0.2, -0.15) is 0 Å². The molecule has 1 aromatic carbocycles. The summed E-state index contributed by atoms with van der Waals surface area (Å²) in [6, 6.07) is 7.39. The molecule has 1 atom stereocenters. The number of pyridine rings is 1. The van der Waals surface area contributed by atoms with Crippen molar-refractivity contribution in [1.29, 1.82) is 0 Å². The number of aromatic nitrogens is 7. The van der Waals surface area contributed by atoms with Crippen molar-refractivity contribution in [3.63, 3.8) is 0 Å². The molecular formula is C27H25ClF2N10O. The van der Waals surface area contributed by atoms with Crippen LogP contribution in [-0.4, -0.2) is 54.7 Å². The standard InChI is InChI=1S/C27H25ClF2N10O/c1-41-20-9-16(29)15(8-17(20)30)18-10-33-25(19(37-18)11-40-14-36-23-24(31)34-13-35-26(23)40)39-7-3-6-27(32,12-39)21-4-2-5-22(28)38-21/h2,4-5,8-10,13-14H,3,6-7,11-12,32H2,1H3,(H2,31,34,35)/t27-/m1/s1. The Balaban J connectivity index is 1.44. The summed E-state index contributed by atoms with van der Waals surface area (Å²) in [4.78, 5) is 28.6. The number of fused-ring (bicyclic) bond motifs is 1. The maximum atomic E-state index is 15.0. The third kappa shape index (κ3) is 4.98. The lowest BCUT2D eigenvalue weighted by Crippen LogP contribution is -2.53. The van der Waals surface area contributed by atoms with Crippen molar-refractivity contribution in [2.75, 3.05) is 30.8 Å². The normalized spacial score (nSPS) is 17.2. The first-order valence-corrected chi connectivity index (χ1v) is 13.1. The summed E-state index contributed by atoms with van der Waals surface area (Å²) in [5.74, 6) is -0.857. The van der Waals surface area contributed by atoms with Crippen LogP contribution in [0.25, 0.3) is 22.4 Å². The van der Waals surface area contributed by atoms with Crippen molar-refractivity contribution in [3.8, 4) is 17.0 Å². The van der Waals surface area contributed by atoms with Gasteiger partial charge in [0.2, 0.25) is 0 Å². The number of imidazole rings is 1. The van der Waals surface area contributed by atoms with E-state index in [1.807, 2.05) is 17.0 Å². The minimum Gasteiger partial charge on any atom is -0.494 e. The van der Waals surface area contributed by atoms with Crippen molar-refractivity contribution < 1.29 is 13.5 Å². The molecule has 1 aliphatic heterocycles. The minimum absolute atomic E-state index is 0.0550. The van der Waals surface area contributed by atoms with E-state index in [-0.39, 0.29) is 29.4 Å². The van der Waals surface area contributed by atoms with Crippen LogP contribution in [-0.2, 0) is 12.1 Å². The van der Waals surface area contributed by atoms with E-state index in [2.05, 4.69) is 19.9 Å². The van der Waals surface area contributed by atoms with Crippen LogP contribution < -0.4 is 21.1 Å². The predicted molar refractivity (Wildman–Crippen MR) is 149 cm³/mol. The second kappa shape index (κ2) is 10.5. The molecule has 5 heterocycles. The number of hydrogen-bond acceptors (Lipinski definition) is 10. The Morgan fingerprint density at radius 2 is 1.95 bits per heavy atom. The lowest BCUT2D eigenvalue weighted by atomic mass is 9.86. The van der Waals surface area contributed by atoms with Gasteiger partial charge in [-0.15, -0.1) is 0 Å². The maximum Gasteiger partial charge on any atom is 0.165 e. The molecule has 1 aliphatic rings. The number of anilines is 2. The monoisotopic (exact) mass is 578 g/mol. The van der Waals surface area contributed by atoms with Crippen LogP contribution in [0.15, 0.2) is 49.2 Å². The molecule has 11 nitrogen and oxygen atoms in total. The molecule has 0 bridgehead atoms. The van der Waals surface area contributed by atoms with Gasteiger partial charge in [0, 0.05) is 24.7 Å². The van der Waals surface area contributed by atoms with Crippen molar-refractivity contribution >= 4 is 34.4 Å². The average molecular weight is 579 g/mol. The van der Waals surface area contributed by atoms with Crippen molar-refractivity contribution in [3.05, 3.63) is 77.4 Å². The number of nitrogens with zero attached hydrogens (tertiary/aromatic N) is 8. The molecule has 0 radical (unpaired) electrons. The van der Waals surface area contributed by atoms with Crippen LogP contribution in [0.2, 0.25) is 5.15 Å².